The summed E-state index contributed by atoms with van der Waals surface area (Å²) in [6.07, 6.45) is 0.830. The van der Waals surface area contributed by atoms with Crippen LogP contribution in [0.5, 0.6) is 0 Å². The van der Waals surface area contributed by atoms with E-state index >= 15 is 0 Å². The highest BCUT2D eigenvalue weighted by atomic mass is 16.2. The highest BCUT2D eigenvalue weighted by Gasteiger charge is 2.11. The van der Waals surface area contributed by atoms with E-state index in [1.807, 2.05) is 43.3 Å². The molecule has 0 saturated heterocycles. The first-order valence-corrected chi connectivity index (χ1v) is 8.30. The second kappa shape index (κ2) is 7.64. The summed E-state index contributed by atoms with van der Waals surface area (Å²) >= 11 is 0. The molecule has 0 fully saturated rings. The van der Waals surface area contributed by atoms with E-state index in [-0.39, 0.29) is 12.1 Å². The van der Waals surface area contributed by atoms with Crippen LogP contribution in [0.15, 0.2) is 72.8 Å². The number of urea groups is 1. The van der Waals surface area contributed by atoms with Gasteiger partial charge in [-0.1, -0.05) is 72.8 Å². The number of rotatable bonds is 5. The highest BCUT2D eigenvalue weighted by Crippen LogP contribution is 2.23. The van der Waals surface area contributed by atoms with Crippen molar-refractivity contribution >= 4 is 16.8 Å². The molecule has 3 rings (SSSR count). The third-order valence-corrected chi connectivity index (χ3v) is 4.18. The minimum Gasteiger partial charge on any atom is -0.338 e. The van der Waals surface area contributed by atoms with Crippen molar-refractivity contribution in [2.75, 3.05) is 6.54 Å². The number of benzene rings is 3. The first-order chi connectivity index (χ1) is 11.7. The molecule has 3 nitrogen and oxygen atoms in total. The van der Waals surface area contributed by atoms with Crippen LogP contribution < -0.4 is 10.6 Å². The first-order valence-electron chi connectivity index (χ1n) is 8.30. The van der Waals surface area contributed by atoms with E-state index < -0.39 is 0 Å². The summed E-state index contributed by atoms with van der Waals surface area (Å²) in [5, 5.41) is 8.32. The molecule has 122 valence electrons. The molecular formula is C21H22N2O. The van der Waals surface area contributed by atoms with E-state index in [1.54, 1.807) is 0 Å². The Bertz CT molecular complexity index is 809. The maximum Gasteiger partial charge on any atom is 0.315 e. The molecule has 0 aromatic heterocycles. The molecule has 0 aliphatic heterocycles. The summed E-state index contributed by atoms with van der Waals surface area (Å²) in [5.74, 6) is 0. The molecule has 1 atom stereocenters. The van der Waals surface area contributed by atoms with Gasteiger partial charge in [0.25, 0.3) is 0 Å². The molecule has 0 bridgehead atoms. The maximum absolute atomic E-state index is 12.1. The largest absolute Gasteiger partial charge is 0.338 e. The number of fused-ring (bicyclic) bond motifs is 1. The van der Waals surface area contributed by atoms with Crippen LogP contribution in [0.4, 0.5) is 4.79 Å². The molecule has 24 heavy (non-hydrogen) atoms. The van der Waals surface area contributed by atoms with Crippen LogP contribution in [-0.2, 0) is 6.42 Å². The Morgan fingerprint density at radius 2 is 1.62 bits per heavy atom. The summed E-state index contributed by atoms with van der Waals surface area (Å²) in [6.45, 7) is 2.64. The van der Waals surface area contributed by atoms with Gasteiger partial charge < -0.3 is 10.6 Å². The Kier molecular flexibility index (Phi) is 5.12. The van der Waals surface area contributed by atoms with E-state index in [0.29, 0.717) is 6.54 Å². The molecular weight excluding hydrogens is 296 g/mol. The predicted octanol–water partition coefficient (Wildman–Crippen LogP) is 4.44. The highest BCUT2D eigenvalue weighted by molar-refractivity contribution is 5.86. The number of carbonyl (C=O) groups excluding carboxylic acids is 1. The van der Waals surface area contributed by atoms with E-state index in [1.165, 1.54) is 16.3 Å². The summed E-state index contributed by atoms with van der Waals surface area (Å²) in [4.78, 5) is 12.1. The fourth-order valence-electron chi connectivity index (χ4n) is 2.92. The molecule has 2 amide bonds. The molecule has 0 unspecified atom stereocenters. The second-order valence-electron chi connectivity index (χ2n) is 5.93. The predicted molar refractivity (Wildman–Crippen MR) is 99.0 cm³/mol. The summed E-state index contributed by atoms with van der Waals surface area (Å²) in [6, 6.07) is 24.4. The second-order valence-corrected chi connectivity index (χ2v) is 5.93. The van der Waals surface area contributed by atoms with Gasteiger partial charge in [-0.15, -0.1) is 0 Å². The molecule has 0 spiro atoms. The fraction of sp³-hybridized carbons (Fsp3) is 0.190. The van der Waals surface area contributed by atoms with Crippen molar-refractivity contribution in [2.45, 2.75) is 19.4 Å². The summed E-state index contributed by atoms with van der Waals surface area (Å²) < 4.78 is 0. The summed E-state index contributed by atoms with van der Waals surface area (Å²) in [5.41, 5.74) is 2.35. The lowest BCUT2D eigenvalue weighted by atomic mass is 10.00. The maximum atomic E-state index is 12.1. The SMILES string of the molecule is C[C@H](NC(=O)NCCc1ccccc1)c1cccc2ccccc12. The molecule has 0 aliphatic carbocycles. The zero-order valence-electron chi connectivity index (χ0n) is 13.8. The zero-order chi connectivity index (χ0) is 16.8. The third kappa shape index (κ3) is 3.93. The fourth-order valence-corrected chi connectivity index (χ4v) is 2.92. The van der Waals surface area contributed by atoms with E-state index in [2.05, 4.69) is 47.0 Å². The number of hydrogen-bond acceptors (Lipinski definition) is 1. The molecule has 3 heteroatoms. The van der Waals surface area contributed by atoms with Crippen molar-refractivity contribution in [3.8, 4) is 0 Å². The molecule has 0 heterocycles. The van der Waals surface area contributed by atoms with Crippen LogP contribution in [-0.4, -0.2) is 12.6 Å². The Morgan fingerprint density at radius 1 is 0.917 bits per heavy atom. The van der Waals surface area contributed by atoms with Crippen LogP contribution in [0.3, 0.4) is 0 Å². The average Bonchev–Trinajstić information content (AvgIpc) is 2.62. The van der Waals surface area contributed by atoms with Gasteiger partial charge in [0.15, 0.2) is 0 Å². The van der Waals surface area contributed by atoms with Crippen LogP contribution >= 0.6 is 0 Å². The normalized spacial score (nSPS) is 11.9. The van der Waals surface area contributed by atoms with Gasteiger partial charge >= 0.3 is 6.03 Å². The van der Waals surface area contributed by atoms with Gasteiger partial charge in [-0.3, -0.25) is 0 Å². The molecule has 0 radical (unpaired) electrons. The van der Waals surface area contributed by atoms with Gasteiger partial charge in [0.05, 0.1) is 6.04 Å². The number of amides is 2. The Hall–Kier alpha value is -2.81. The van der Waals surface area contributed by atoms with Crippen LogP contribution in [0, 0.1) is 0 Å². The van der Waals surface area contributed by atoms with Crippen LogP contribution in [0.1, 0.15) is 24.1 Å². The average molecular weight is 318 g/mol. The third-order valence-electron chi connectivity index (χ3n) is 4.18. The number of nitrogens with one attached hydrogen (secondary N) is 2. The smallest absolute Gasteiger partial charge is 0.315 e. The van der Waals surface area contributed by atoms with Crippen LogP contribution in [0.25, 0.3) is 10.8 Å². The Balaban J connectivity index is 1.57. The minimum atomic E-state index is -0.133. The summed E-state index contributed by atoms with van der Waals surface area (Å²) in [7, 11) is 0. The Morgan fingerprint density at radius 3 is 2.46 bits per heavy atom. The van der Waals surface area contributed by atoms with Gasteiger partial charge in [0.1, 0.15) is 0 Å². The van der Waals surface area contributed by atoms with E-state index in [0.717, 1.165) is 12.0 Å². The van der Waals surface area contributed by atoms with Gasteiger partial charge in [-0.05, 0) is 35.2 Å². The molecule has 3 aromatic carbocycles. The van der Waals surface area contributed by atoms with Crippen molar-refractivity contribution in [1.29, 1.82) is 0 Å². The standard InChI is InChI=1S/C21H22N2O/c1-16(19-13-7-11-18-10-5-6-12-20(18)19)23-21(24)22-15-14-17-8-3-2-4-9-17/h2-13,16H,14-15H2,1H3,(H2,22,23,24)/t16-/m0/s1. The number of hydrogen-bond donors (Lipinski definition) is 2. The molecule has 2 N–H and O–H groups in total. The Labute approximate surface area is 142 Å². The van der Waals surface area contributed by atoms with Gasteiger partial charge in [0, 0.05) is 6.54 Å². The first kappa shape index (κ1) is 16.1. The topological polar surface area (TPSA) is 41.1 Å². The van der Waals surface area contributed by atoms with Gasteiger partial charge in [0.2, 0.25) is 0 Å². The van der Waals surface area contributed by atoms with Crippen molar-refractivity contribution in [2.24, 2.45) is 0 Å². The van der Waals surface area contributed by atoms with Crippen LogP contribution in [0.2, 0.25) is 0 Å². The number of carbonyl (C=O) groups is 1. The lowest BCUT2D eigenvalue weighted by Crippen LogP contribution is -2.38. The molecule has 0 aliphatic rings. The molecule has 0 saturated carbocycles. The van der Waals surface area contributed by atoms with Crippen molar-refractivity contribution in [3.63, 3.8) is 0 Å². The van der Waals surface area contributed by atoms with E-state index in [4.69, 9.17) is 0 Å². The van der Waals surface area contributed by atoms with Crippen molar-refractivity contribution in [1.82, 2.24) is 10.6 Å². The lowest BCUT2D eigenvalue weighted by molar-refractivity contribution is 0.238. The lowest BCUT2D eigenvalue weighted by Gasteiger charge is -2.17. The zero-order valence-corrected chi connectivity index (χ0v) is 13.8. The molecule has 3 aromatic rings. The quantitative estimate of drug-likeness (QED) is 0.717. The minimum absolute atomic E-state index is 0.0483. The van der Waals surface area contributed by atoms with E-state index in [9.17, 15) is 4.79 Å². The van der Waals surface area contributed by atoms with Gasteiger partial charge in [-0.2, -0.15) is 0 Å². The van der Waals surface area contributed by atoms with Crippen molar-refractivity contribution in [3.05, 3.63) is 83.9 Å². The van der Waals surface area contributed by atoms with Crippen molar-refractivity contribution < 1.29 is 4.79 Å². The van der Waals surface area contributed by atoms with Gasteiger partial charge in [-0.25, -0.2) is 4.79 Å². The monoisotopic (exact) mass is 318 g/mol.